The van der Waals surface area contributed by atoms with Crippen LogP contribution in [0.5, 0.6) is 0 Å². The lowest BCUT2D eigenvalue weighted by Gasteiger charge is -2.45. The van der Waals surface area contributed by atoms with Crippen molar-refractivity contribution in [3.8, 4) is 0 Å². The topological polar surface area (TPSA) is 38.5 Å². The molecule has 2 heterocycles. The molecule has 2 fully saturated rings. The summed E-state index contributed by atoms with van der Waals surface area (Å²) in [6, 6.07) is 0. The highest BCUT2D eigenvalue weighted by atomic mass is 16.5. The van der Waals surface area contributed by atoms with Crippen LogP contribution in [-0.2, 0) is 4.74 Å². The molecule has 100 valence electrons. The van der Waals surface area contributed by atoms with Crippen molar-refractivity contribution < 1.29 is 4.74 Å². The van der Waals surface area contributed by atoms with Crippen LogP contribution in [0.15, 0.2) is 0 Å². The molecule has 17 heavy (non-hydrogen) atoms. The first-order valence-electron chi connectivity index (χ1n) is 7.11. The van der Waals surface area contributed by atoms with Gasteiger partial charge in [-0.05, 0) is 50.6 Å². The highest BCUT2D eigenvalue weighted by Gasteiger charge is 2.39. The van der Waals surface area contributed by atoms with Crippen LogP contribution >= 0.6 is 0 Å². The maximum absolute atomic E-state index is 6.07. The predicted octanol–water partition coefficient (Wildman–Crippen LogP) is 2.01. The van der Waals surface area contributed by atoms with Gasteiger partial charge >= 0.3 is 0 Å². The smallest absolute Gasteiger partial charge is 0.0662 e. The van der Waals surface area contributed by atoms with Crippen molar-refractivity contribution in [1.82, 2.24) is 4.90 Å². The molecule has 3 nitrogen and oxygen atoms in total. The van der Waals surface area contributed by atoms with E-state index in [-0.39, 0.29) is 5.54 Å². The fraction of sp³-hybridized carbons (Fsp3) is 1.00. The molecular formula is C14H28N2O. The van der Waals surface area contributed by atoms with E-state index in [0.717, 1.165) is 26.2 Å². The van der Waals surface area contributed by atoms with Gasteiger partial charge in [-0.2, -0.15) is 0 Å². The molecule has 0 aromatic carbocycles. The minimum Gasteiger partial charge on any atom is -0.379 e. The molecule has 2 aliphatic rings. The SMILES string of the molecule is CC1(C)CCCN(C2(CN)CCCOC2)CC1. The van der Waals surface area contributed by atoms with Crippen molar-refractivity contribution in [2.45, 2.75) is 51.5 Å². The number of ether oxygens (including phenoxy) is 1. The number of nitrogens with zero attached hydrogens (tertiary/aromatic N) is 1. The van der Waals surface area contributed by atoms with E-state index in [2.05, 4.69) is 18.7 Å². The summed E-state index contributed by atoms with van der Waals surface area (Å²) in [7, 11) is 0. The van der Waals surface area contributed by atoms with E-state index in [1.165, 1.54) is 38.8 Å². The predicted molar refractivity (Wildman–Crippen MR) is 71.0 cm³/mol. The van der Waals surface area contributed by atoms with Crippen LogP contribution in [0.4, 0.5) is 0 Å². The van der Waals surface area contributed by atoms with Crippen LogP contribution in [0.1, 0.15) is 46.0 Å². The summed E-state index contributed by atoms with van der Waals surface area (Å²) in [6.45, 7) is 9.67. The second-order valence-corrected chi connectivity index (χ2v) is 6.59. The Kier molecular flexibility index (Phi) is 4.11. The molecule has 2 saturated heterocycles. The molecule has 0 aliphatic carbocycles. The largest absolute Gasteiger partial charge is 0.379 e. The maximum atomic E-state index is 6.07. The average Bonchev–Trinajstić information content (AvgIpc) is 2.51. The first-order chi connectivity index (χ1) is 8.08. The van der Waals surface area contributed by atoms with Crippen LogP contribution in [0.25, 0.3) is 0 Å². The average molecular weight is 240 g/mol. The minimum atomic E-state index is 0.138. The van der Waals surface area contributed by atoms with E-state index >= 15 is 0 Å². The molecule has 1 atom stereocenters. The molecule has 0 saturated carbocycles. The lowest BCUT2D eigenvalue weighted by Crippen LogP contribution is -2.59. The third-order valence-corrected chi connectivity index (χ3v) is 4.69. The van der Waals surface area contributed by atoms with E-state index in [0.29, 0.717) is 5.41 Å². The van der Waals surface area contributed by atoms with Crippen LogP contribution in [0, 0.1) is 5.41 Å². The summed E-state index contributed by atoms with van der Waals surface area (Å²) >= 11 is 0. The zero-order valence-corrected chi connectivity index (χ0v) is 11.5. The van der Waals surface area contributed by atoms with Crippen LogP contribution in [0.2, 0.25) is 0 Å². The second kappa shape index (κ2) is 5.25. The van der Waals surface area contributed by atoms with Crippen molar-refractivity contribution in [3.05, 3.63) is 0 Å². The van der Waals surface area contributed by atoms with Gasteiger partial charge in [0.1, 0.15) is 0 Å². The zero-order chi connectivity index (χ0) is 12.4. The van der Waals surface area contributed by atoms with E-state index in [4.69, 9.17) is 10.5 Å². The Morgan fingerprint density at radius 3 is 2.59 bits per heavy atom. The standard InChI is InChI=1S/C14H28N2O/c1-13(2)5-3-8-16(9-7-13)14(11-15)6-4-10-17-12-14/h3-12,15H2,1-2H3. The highest BCUT2D eigenvalue weighted by molar-refractivity contribution is 4.95. The third-order valence-electron chi connectivity index (χ3n) is 4.69. The molecule has 0 spiro atoms. The van der Waals surface area contributed by atoms with Crippen molar-refractivity contribution >= 4 is 0 Å². The molecule has 0 bridgehead atoms. The van der Waals surface area contributed by atoms with Gasteiger partial charge in [-0.3, -0.25) is 4.90 Å². The van der Waals surface area contributed by atoms with Crippen LogP contribution in [0.3, 0.4) is 0 Å². The fourth-order valence-corrected chi connectivity index (χ4v) is 3.27. The Bertz CT molecular complexity index is 247. The van der Waals surface area contributed by atoms with Crippen molar-refractivity contribution in [2.75, 3.05) is 32.8 Å². The normalized spacial score (nSPS) is 35.5. The van der Waals surface area contributed by atoms with Gasteiger partial charge in [-0.1, -0.05) is 13.8 Å². The lowest BCUT2D eigenvalue weighted by molar-refractivity contribution is -0.0445. The quantitative estimate of drug-likeness (QED) is 0.802. The van der Waals surface area contributed by atoms with Gasteiger partial charge in [0.15, 0.2) is 0 Å². The fourth-order valence-electron chi connectivity index (χ4n) is 3.27. The molecule has 3 heteroatoms. The van der Waals surface area contributed by atoms with Gasteiger partial charge in [0, 0.05) is 13.2 Å². The monoisotopic (exact) mass is 240 g/mol. The van der Waals surface area contributed by atoms with Crippen molar-refractivity contribution in [1.29, 1.82) is 0 Å². The molecule has 2 aliphatic heterocycles. The number of rotatable bonds is 2. The van der Waals surface area contributed by atoms with E-state index in [9.17, 15) is 0 Å². The summed E-state index contributed by atoms with van der Waals surface area (Å²) in [5.74, 6) is 0. The van der Waals surface area contributed by atoms with E-state index < -0.39 is 0 Å². The molecule has 0 amide bonds. The maximum Gasteiger partial charge on any atom is 0.0662 e. The Labute approximate surface area is 106 Å². The molecule has 0 aromatic heterocycles. The van der Waals surface area contributed by atoms with Crippen molar-refractivity contribution in [3.63, 3.8) is 0 Å². The van der Waals surface area contributed by atoms with E-state index in [1.54, 1.807) is 0 Å². The highest BCUT2D eigenvalue weighted by Crippen LogP contribution is 2.34. The number of hydrogen-bond acceptors (Lipinski definition) is 3. The lowest BCUT2D eigenvalue weighted by atomic mass is 9.85. The van der Waals surface area contributed by atoms with Gasteiger partial charge in [-0.25, -0.2) is 0 Å². The van der Waals surface area contributed by atoms with Crippen LogP contribution < -0.4 is 5.73 Å². The molecule has 1 unspecified atom stereocenters. The molecule has 2 N–H and O–H groups in total. The Hall–Kier alpha value is -0.120. The molecule has 0 radical (unpaired) electrons. The third kappa shape index (κ3) is 3.01. The molecule has 2 rings (SSSR count). The van der Waals surface area contributed by atoms with Gasteiger partial charge in [0.25, 0.3) is 0 Å². The summed E-state index contributed by atoms with van der Waals surface area (Å²) in [6.07, 6.45) is 6.30. The Morgan fingerprint density at radius 1 is 1.12 bits per heavy atom. The molecule has 0 aromatic rings. The number of likely N-dealkylation sites (tertiary alicyclic amines) is 1. The van der Waals surface area contributed by atoms with Gasteiger partial charge in [-0.15, -0.1) is 0 Å². The zero-order valence-electron chi connectivity index (χ0n) is 11.5. The number of hydrogen-bond donors (Lipinski definition) is 1. The van der Waals surface area contributed by atoms with E-state index in [1.807, 2.05) is 0 Å². The summed E-state index contributed by atoms with van der Waals surface area (Å²) < 4.78 is 5.70. The first-order valence-corrected chi connectivity index (χ1v) is 7.11. The van der Waals surface area contributed by atoms with Gasteiger partial charge < -0.3 is 10.5 Å². The van der Waals surface area contributed by atoms with Crippen molar-refractivity contribution in [2.24, 2.45) is 11.1 Å². The second-order valence-electron chi connectivity index (χ2n) is 6.59. The summed E-state index contributed by atoms with van der Waals surface area (Å²) in [4.78, 5) is 2.63. The van der Waals surface area contributed by atoms with Crippen LogP contribution in [-0.4, -0.2) is 43.3 Å². The first kappa shape index (κ1) is 13.3. The number of nitrogens with two attached hydrogens (primary N) is 1. The van der Waals surface area contributed by atoms with Gasteiger partial charge in [0.2, 0.25) is 0 Å². The summed E-state index contributed by atoms with van der Waals surface area (Å²) in [5.41, 5.74) is 6.70. The Balaban J connectivity index is 2.04. The minimum absolute atomic E-state index is 0.138. The Morgan fingerprint density at radius 2 is 1.94 bits per heavy atom. The van der Waals surface area contributed by atoms with Gasteiger partial charge in [0.05, 0.1) is 12.1 Å². The summed E-state index contributed by atoms with van der Waals surface area (Å²) in [5, 5.41) is 0. The molecular weight excluding hydrogens is 212 g/mol.